The molecule has 1 aliphatic rings. The first-order valence-corrected chi connectivity index (χ1v) is 4.27. The maximum Gasteiger partial charge on any atom is 0.267 e. The molecule has 1 heterocycles. The van der Waals surface area contributed by atoms with Crippen molar-refractivity contribution in [1.29, 1.82) is 0 Å². The molecule has 0 aromatic heterocycles. The molecule has 0 radical (unpaired) electrons. The van der Waals surface area contributed by atoms with Gasteiger partial charge in [0, 0.05) is 4.47 Å². The largest absolute Gasteiger partial charge is 0.273 e. The van der Waals surface area contributed by atoms with Crippen LogP contribution in [0.1, 0.15) is 0 Å². The lowest BCUT2D eigenvalue weighted by atomic mass is 10.3. The van der Waals surface area contributed by atoms with Gasteiger partial charge < -0.3 is 0 Å². The van der Waals surface area contributed by atoms with E-state index in [9.17, 15) is 4.79 Å². The zero-order valence-electron chi connectivity index (χ0n) is 6.12. The number of fused-ring (bicyclic) bond motifs is 1. The standard InChI is InChI=1S/C8H5BrN2O/c9-5-2-1-3-6-8(5)11-7(12)4-10-6/h1-3H,4H2. The molecule has 0 aliphatic carbocycles. The lowest BCUT2D eigenvalue weighted by molar-refractivity contribution is -0.116. The van der Waals surface area contributed by atoms with Gasteiger partial charge in [-0.15, -0.1) is 0 Å². The van der Waals surface area contributed by atoms with Crippen LogP contribution in [0, 0.1) is 0 Å². The Morgan fingerprint density at radius 2 is 2.25 bits per heavy atom. The zero-order valence-corrected chi connectivity index (χ0v) is 7.71. The molecule has 60 valence electrons. The molecule has 0 bridgehead atoms. The molecule has 1 aromatic rings. The number of hydrogen-bond acceptors (Lipinski definition) is 2. The van der Waals surface area contributed by atoms with Gasteiger partial charge in [0.15, 0.2) is 0 Å². The fourth-order valence-corrected chi connectivity index (χ4v) is 1.50. The van der Waals surface area contributed by atoms with E-state index in [1.54, 1.807) is 0 Å². The quantitative estimate of drug-likeness (QED) is 0.623. The topological polar surface area (TPSA) is 41.8 Å². The first-order valence-electron chi connectivity index (χ1n) is 3.48. The summed E-state index contributed by atoms with van der Waals surface area (Å²) in [5, 5.41) is 1.43. The van der Waals surface area contributed by atoms with Gasteiger partial charge in [-0.2, -0.15) is 0 Å². The van der Waals surface area contributed by atoms with Crippen LogP contribution in [-0.4, -0.2) is 12.5 Å². The fourth-order valence-electron chi connectivity index (χ4n) is 1.06. The number of benzene rings is 1. The molecular weight excluding hydrogens is 220 g/mol. The predicted molar refractivity (Wildman–Crippen MR) is 46.3 cm³/mol. The molecule has 0 fully saturated rings. The van der Waals surface area contributed by atoms with E-state index in [2.05, 4.69) is 25.9 Å². The summed E-state index contributed by atoms with van der Waals surface area (Å²) >= 11 is 3.30. The number of halogens is 1. The first kappa shape index (κ1) is 7.61. The summed E-state index contributed by atoms with van der Waals surface area (Å²) in [4.78, 5) is 18.8. The molecule has 0 atom stereocenters. The second kappa shape index (κ2) is 2.79. The Bertz CT molecular complexity index is 453. The SMILES string of the molecule is O=C1CN=c2cccc(Br)c2=N1. The third-order valence-electron chi connectivity index (χ3n) is 1.59. The van der Waals surface area contributed by atoms with E-state index < -0.39 is 0 Å². The van der Waals surface area contributed by atoms with Crippen molar-refractivity contribution < 1.29 is 4.79 Å². The average molecular weight is 225 g/mol. The van der Waals surface area contributed by atoms with Gasteiger partial charge in [-0.05, 0) is 28.1 Å². The molecular formula is C8H5BrN2O. The van der Waals surface area contributed by atoms with Crippen LogP contribution in [0.3, 0.4) is 0 Å². The number of carbonyl (C=O) groups is 1. The number of rotatable bonds is 0. The average Bonchev–Trinajstić information content (AvgIpc) is 2.07. The van der Waals surface area contributed by atoms with Gasteiger partial charge in [-0.1, -0.05) is 6.07 Å². The zero-order chi connectivity index (χ0) is 8.55. The van der Waals surface area contributed by atoms with Crippen LogP contribution in [0.25, 0.3) is 0 Å². The van der Waals surface area contributed by atoms with Crippen LogP contribution in [0.2, 0.25) is 0 Å². The highest BCUT2D eigenvalue weighted by molar-refractivity contribution is 9.10. The van der Waals surface area contributed by atoms with E-state index in [0.29, 0.717) is 5.36 Å². The highest BCUT2D eigenvalue weighted by Gasteiger charge is 2.04. The van der Waals surface area contributed by atoms with Crippen LogP contribution < -0.4 is 10.7 Å². The summed E-state index contributed by atoms with van der Waals surface area (Å²) in [6.45, 7) is 0.170. The molecule has 12 heavy (non-hydrogen) atoms. The predicted octanol–water partition coefficient (Wildman–Crippen LogP) is 0.228. The van der Waals surface area contributed by atoms with Crippen molar-refractivity contribution >= 4 is 21.8 Å². The van der Waals surface area contributed by atoms with Crippen molar-refractivity contribution in [3.8, 4) is 0 Å². The van der Waals surface area contributed by atoms with Crippen LogP contribution in [0.5, 0.6) is 0 Å². The van der Waals surface area contributed by atoms with Crippen LogP contribution in [0.4, 0.5) is 0 Å². The fraction of sp³-hybridized carbons (Fsp3) is 0.125. The van der Waals surface area contributed by atoms with Crippen molar-refractivity contribution in [3.63, 3.8) is 0 Å². The van der Waals surface area contributed by atoms with E-state index in [-0.39, 0.29) is 12.5 Å². The van der Waals surface area contributed by atoms with Crippen molar-refractivity contribution in [2.45, 2.75) is 0 Å². The summed E-state index contributed by atoms with van der Waals surface area (Å²) in [7, 11) is 0. The molecule has 0 spiro atoms. The minimum atomic E-state index is -0.186. The molecule has 0 N–H and O–H groups in total. The Morgan fingerprint density at radius 3 is 3.08 bits per heavy atom. The van der Waals surface area contributed by atoms with Crippen LogP contribution in [0.15, 0.2) is 32.7 Å². The lowest BCUT2D eigenvalue weighted by Gasteiger charge is -1.98. The third-order valence-corrected chi connectivity index (χ3v) is 2.23. The Morgan fingerprint density at radius 1 is 1.42 bits per heavy atom. The summed E-state index contributed by atoms with van der Waals surface area (Å²) in [5.74, 6) is -0.186. The Labute approximate surface area is 77.0 Å². The molecule has 1 aromatic carbocycles. The monoisotopic (exact) mass is 224 g/mol. The van der Waals surface area contributed by atoms with Gasteiger partial charge >= 0.3 is 0 Å². The van der Waals surface area contributed by atoms with Crippen LogP contribution in [-0.2, 0) is 4.79 Å². The Kier molecular flexibility index (Phi) is 1.77. The molecule has 1 amide bonds. The summed E-state index contributed by atoms with van der Waals surface area (Å²) in [6.07, 6.45) is 0. The minimum Gasteiger partial charge on any atom is -0.273 e. The van der Waals surface area contributed by atoms with Gasteiger partial charge in [0.1, 0.15) is 11.9 Å². The molecule has 0 saturated carbocycles. The summed E-state index contributed by atoms with van der Waals surface area (Å²) < 4.78 is 0.816. The smallest absolute Gasteiger partial charge is 0.267 e. The van der Waals surface area contributed by atoms with Crippen molar-refractivity contribution in [2.75, 3.05) is 6.54 Å². The lowest BCUT2D eigenvalue weighted by Crippen LogP contribution is -2.32. The van der Waals surface area contributed by atoms with E-state index in [1.165, 1.54) is 0 Å². The molecule has 4 heteroatoms. The molecule has 2 rings (SSSR count). The third kappa shape index (κ3) is 1.18. The maximum atomic E-state index is 10.9. The second-order valence-corrected chi connectivity index (χ2v) is 3.28. The number of amides is 1. The number of hydrogen-bond donors (Lipinski definition) is 0. The van der Waals surface area contributed by atoms with Crippen molar-refractivity contribution in [2.24, 2.45) is 9.98 Å². The normalized spacial score (nSPS) is 14.6. The Hall–Kier alpha value is -1.03. The summed E-state index contributed by atoms with van der Waals surface area (Å²) in [5.41, 5.74) is 0. The van der Waals surface area contributed by atoms with Crippen LogP contribution >= 0.6 is 15.9 Å². The molecule has 0 saturated heterocycles. The van der Waals surface area contributed by atoms with Crippen molar-refractivity contribution in [1.82, 2.24) is 0 Å². The van der Waals surface area contributed by atoms with Gasteiger partial charge in [0.25, 0.3) is 5.91 Å². The van der Waals surface area contributed by atoms with E-state index in [1.807, 2.05) is 18.2 Å². The minimum absolute atomic E-state index is 0.170. The highest BCUT2D eigenvalue weighted by Crippen LogP contribution is 1.99. The van der Waals surface area contributed by atoms with Gasteiger partial charge in [-0.3, -0.25) is 9.79 Å². The van der Waals surface area contributed by atoms with E-state index in [4.69, 9.17) is 0 Å². The first-order chi connectivity index (χ1) is 5.77. The summed E-state index contributed by atoms with van der Waals surface area (Å²) in [6, 6.07) is 5.56. The molecule has 3 nitrogen and oxygen atoms in total. The van der Waals surface area contributed by atoms with Gasteiger partial charge in [0.2, 0.25) is 0 Å². The second-order valence-electron chi connectivity index (χ2n) is 2.43. The molecule has 1 aliphatic heterocycles. The van der Waals surface area contributed by atoms with Gasteiger partial charge in [0.05, 0.1) is 5.36 Å². The maximum absolute atomic E-state index is 10.9. The van der Waals surface area contributed by atoms with Crippen molar-refractivity contribution in [3.05, 3.63) is 33.4 Å². The van der Waals surface area contributed by atoms with E-state index >= 15 is 0 Å². The highest BCUT2D eigenvalue weighted by atomic mass is 79.9. The number of para-hydroxylation sites is 1. The number of carbonyl (C=O) groups excluding carboxylic acids is 1. The Balaban J connectivity index is 2.89. The number of nitrogens with zero attached hydrogens (tertiary/aromatic N) is 2. The molecule has 0 unspecified atom stereocenters. The van der Waals surface area contributed by atoms with E-state index in [0.717, 1.165) is 9.83 Å². The van der Waals surface area contributed by atoms with Gasteiger partial charge in [-0.25, -0.2) is 4.99 Å².